The molecule has 7 heavy (non-hydrogen) atoms. The van der Waals surface area contributed by atoms with Gasteiger partial charge in [-0.3, -0.25) is 4.99 Å². The molecule has 0 aromatic heterocycles. The molecule has 0 bridgehead atoms. The highest BCUT2D eigenvalue weighted by Crippen LogP contribution is 2.07. The van der Waals surface area contributed by atoms with Crippen molar-refractivity contribution in [1.82, 2.24) is 0 Å². The van der Waals surface area contributed by atoms with Gasteiger partial charge in [0.25, 0.3) is 0 Å². The molecule has 1 nitrogen and oxygen atoms in total. The van der Waals surface area contributed by atoms with Gasteiger partial charge in [-0.15, -0.1) is 0 Å². The van der Waals surface area contributed by atoms with Crippen LogP contribution in [0.4, 0.5) is 0 Å². The van der Waals surface area contributed by atoms with Crippen LogP contribution in [0.3, 0.4) is 0 Å². The molecular formula is C5H6ClN. The summed E-state index contributed by atoms with van der Waals surface area (Å²) in [6.07, 6.45) is 4.57. The van der Waals surface area contributed by atoms with Gasteiger partial charge in [-0.05, 0) is 6.08 Å². The second-order valence-electron chi connectivity index (χ2n) is 1.40. The van der Waals surface area contributed by atoms with Crippen LogP contribution < -0.4 is 0 Å². The normalized spacial score (nSPS) is 19.3. The molecule has 1 heterocycles. The SMILES string of the molecule is ClC1=CCN=CC1. The number of halogens is 1. The van der Waals surface area contributed by atoms with Gasteiger partial charge in [0.1, 0.15) is 0 Å². The minimum absolute atomic E-state index is 0.763. The zero-order chi connectivity index (χ0) is 5.11. The Morgan fingerprint density at radius 2 is 2.57 bits per heavy atom. The quantitative estimate of drug-likeness (QED) is 0.455. The minimum atomic E-state index is 0.763. The molecule has 0 atom stereocenters. The average Bonchev–Trinajstić information content (AvgIpc) is 1.69. The maximum absolute atomic E-state index is 5.59. The summed E-state index contributed by atoms with van der Waals surface area (Å²) in [6, 6.07) is 0. The van der Waals surface area contributed by atoms with Crippen molar-refractivity contribution in [3.63, 3.8) is 0 Å². The lowest BCUT2D eigenvalue weighted by atomic mass is 10.3. The molecule has 0 radical (unpaired) electrons. The molecule has 1 aliphatic heterocycles. The lowest BCUT2D eigenvalue weighted by molar-refractivity contribution is 1.18. The van der Waals surface area contributed by atoms with Gasteiger partial charge in [-0.2, -0.15) is 0 Å². The van der Waals surface area contributed by atoms with Gasteiger partial charge < -0.3 is 0 Å². The number of allylic oxidation sites excluding steroid dienone is 1. The highest BCUT2D eigenvalue weighted by atomic mass is 35.5. The molecule has 1 rings (SSSR count). The highest BCUT2D eigenvalue weighted by Gasteiger charge is 1.90. The number of rotatable bonds is 0. The zero-order valence-corrected chi connectivity index (χ0v) is 4.65. The molecule has 0 saturated heterocycles. The Labute approximate surface area is 47.7 Å². The molecule has 38 valence electrons. The highest BCUT2D eigenvalue weighted by molar-refractivity contribution is 6.30. The zero-order valence-electron chi connectivity index (χ0n) is 3.89. The first-order valence-corrected chi connectivity index (χ1v) is 2.60. The molecular weight excluding hydrogens is 110 g/mol. The Morgan fingerprint density at radius 1 is 1.71 bits per heavy atom. The van der Waals surface area contributed by atoms with E-state index in [2.05, 4.69) is 4.99 Å². The molecule has 0 amide bonds. The van der Waals surface area contributed by atoms with Crippen LogP contribution in [0.1, 0.15) is 6.42 Å². The van der Waals surface area contributed by atoms with E-state index < -0.39 is 0 Å². The van der Waals surface area contributed by atoms with E-state index in [0.717, 1.165) is 18.0 Å². The van der Waals surface area contributed by atoms with Crippen molar-refractivity contribution in [2.24, 2.45) is 4.99 Å². The maximum Gasteiger partial charge on any atom is 0.0580 e. The van der Waals surface area contributed by atoms with E-state index in [1.807, 2.05) is 12.3 Å². The lowest BCUT2D eigenvalue weighted by Crippen LogP contribution is -1.86. The summed E-state index contributed by atoms with van der Waals surface area (Å²) < 4.78 is 0. The fraction of sp³-hybridized carbons (Fsp3) is 0.400. The first-order valence-electron chi connectivity index (χ1n) is 2.22. The van der Waals surface area contributed by atoms with Gasteiger partial charge in [-0.1, -0.05) is 11.6 Å². The molecule has 1 aliphatic rings. The van der Waals surface area contributed by atoms with Gasteiger partial charge in [0.2, 0.25) is 0 Å². The lowest BCUT2D eigenvalue weighted by Gasteiger charge is -1.95. The smallest absolute Gasteiger partial charge is 0.0580 e. The van der Waals surface area contributed by atoms with Crippen LogP contribution >= 0.6 is 11.6 Å². The Hall–Kier alpha value is -0.300. The molecule has 2 heteroatoms. The third-order valence-electron chi connectivity index (χ3n) is 0.834. The van der Waals surface area contributed by atoms with E-state index in [1.165, 1.54) is 0 Å². The fourth-order valence-corrected chi connectivity index (χ4v) is 0.599. The topological polar surface area (TPSA) is 12.4 Å². The standard InChI is InChI=1S/C5H6ClN/c6-5-1-3-7-4-2-5/h1,4H,2-3H2. The Morgan fingerprint density at radius 3 is 2.86 bits per heavy atom. The Balaban J connectivity index is 2.50. The van der Waals surface area contributed by atoms with Crippen LogP contribution in [0, 0.1) is 0 Å². The molecule has 0 N–H and O–H groups in total. The maximum atomic E-state index is 5.59. The summed E-state index contributed by atoms with van der Waals surface area (Å²) in [5.74, 6) is 0. The third kappa shape index (κ3) is 1.32. The van der Waals surface area contributed by atoms with E-state index >= 15 is 0 Å². The molecule has 0 fully saturated rings. The second kappa shape index (κ2) is 2.12. The number of dihydropyridines is 1. The Bertz CT molecular complexity index is 115. The summed E-state index contributed by atoms with van der Waals surface area (Å²) in [4.78, 5) is 3.94. The van der Waals surface area contributed by atoms with Crippen LogP contribution in [0.15, 0.2) is 16.1 Å². The molecule has 0 aromatic rings. The molecule has 0 aliphatic carbocycles. The van der Waals surface area contributed by atoms with Gasteiger partial charge in [-0.25, -0.2) is 0 Å². The van der Waals surface area contributed by atoms with E-state index in [0.29, 0.717) is 0 Å². The van der Waals surface area contributed by atoms with Crippen molar-refractivity contribution >= 4 is 17.8 Å². The molecule has 0 spiro atoms. The van der Waals surface area contributed by atoms with E-state index in [-0.39, 0.29) is 0 Å². The summed E-state index contributed by atoms with van der Waals surface area (Å²) in [6.45, 7) is 0.763. The fourth-order valence-electron chi connectivity index (χ4n) is 0.461. The average molecular weight is 116 g/mol. The van der Waals surface area contributed by atoms with E-state index in [9.17, 15) is 0 Å². The van der Waals surface area contributed by atoms with Crippen LogP contribution in [0.25, 0.3) is 0 Å². The van der Waals surface area contributed by atoms with Crippen molar-refractivity contribution in [3.05, 3.63) is 11.1 Å². The number of hydrogen-bond acceptors (Lipinski definition) is 1. The predicted molar refractivity (Wildman–Crippen MR) is 31.9 cm³/mol. The van der Waals surface area contributed by atoms with Crippen molar-refractivity contribution in [2.75, 3.05) is 6.54 Å². The summed E-state index contributed by atoms with van der Waals surface area (Å²) in [7, 11) is 0. The van der Waals surface area contributed by atoms with Crippen molar-refractivity contribution in [3.8, 4) is 0 Å². The summed E-state index contributed by atoms with van der Waals surface area (Å²) >= 11 is 5.59. The van der Waals surface area contributed by atoms with E-state index in [4.69, 9.17) is 11.6 Å². The third-order valence-corrected chi connectivity index (χ3v) is 1.14. The molecule has 0 aromatic carbocycles. The monoisotopic (exact) mass is 115 g/mol. The number of hydrogen-bond donors (Lipinski definition) is 0. The minimum Gasteiger partial charge on any atom is -0.293 e. The molecule has 0 unspecified atom stereocenters. The number of aliphatic imine (C=N–C) groups is 1. The largest absolute Gasteiger partial charge is 0.293 e. The van der Waals surface area contributed by atoms with Gasteiger partial charge in [0.15, 0.2) is 0 Å². The van der Waals surface area contributed by atoms with Crippen LogP contribution in [0.2, 0.25) is 0 Å². The van der Waals surface area contributed by atoms with Gasteiger partial charge in [0.05, 0.1) is 6.54 Å². The number of nitrogens with zero attached hydrogens (tertiary/aromatic N) is 1. The predicted octanol–water partition coefficient (Wildman–Crippen LogP) is 1.58. The van der Waals surface area contributed by atoms with Crippen LogP contribution in [-0.4, -0.2) is 12.8 Å². The van der Waals surface area contributed by atoms with Crippen LogP contribution in [-0.2, 0) is 0 Å². The summed E-state index contributed by atoms with van der Waals surface area (Å²) in [5, 5.41) is 0.912. The van der Waals surface area contributed by atoms with Crippen molar-refractivity contribution in [1.29, 1.82) is 0 Å². The van der Waals surface area contributed by atoms with Crippen LogP contribution in [0.5, 0.6) is 0 Å². The first-order chi connectivity index (χ1) is 3.39. The summed E-state index contributed by atoms with van der Waals surface area (Å²) in [5.41, 5.74) is 0. The van der Waals surface area contributed by atoms with Gasteiger partial charge in [0, 0.05) is 17.7 Å². The van der Waals surface area contributed by atoms with E-state index in [1.54, 1.807) is 0 Å². The van der Waals surface area contributed by atoms with Crippen molar-refractivity contribution in [2.45, 2.75) is 6.42 Å². The molecule has 0 saturated carbocycles. The second-order valence-corrected chi connectivity index (χ2v) is 1.89. The first kappa shape index (κ1) is 4.85. The van der Waals surface area contributed by atoms with Crippen molar-refractivity contribution < 1.29 is 0 Å². The Kier molecular flexibility index (Phi) is 1.47. The van der Waals surface area contributed by atoms with Gasteiger partial charge >= 0.3 is 0 Å².